The van der Waals surface area contributed by atoms with Crippen molar-refractivity contribution in [2.75, 3.05) is 35.8 Å². The molecule has 6 nitrogen and oxygen atoms in total. The van der Waals surface area contributed by atoms with E-state index in [1.807, 2.05) is 18.2 Å². The highest BCUT2D eigenvalue weighted by atomic mass is 32.2. The van der Waals surface area contributed by atoms with Crippen molar-refractivity contribution < 1.29 is 8.42 Å². The molecule has 1 fully saturated rings. The van der Waals surface area contributed by atoms with Crippen molar-refractivity contribution in [3.63, 3.8) is 0 Å². The second-order valence-electron chi connectivity index (χ2n) is 6.50. The van der Waals surface area contributed by atoms with E-state index in [1.54, 1.807) is 18.3 Å². The third-order valence-electron chi connectivity index (χ3n) is 4.32. The summed E-state index contributed by atoms with van der Waals surface area (Å²) in [5.74, 6) is 0.365. The summed E-state index contributed by atoms with van der Waals surface area (Å²) >= 11 is 0. The molecule has 0 aliphatic carbocycles. The summed E-state index contributed by atoms with van der Waals surface area (Å²) in [6.45, 7) is 7.75. The number of rotatable bonds is 5. The van der Waals surface area contributed by atoms with Crippen molar-refractivity contribution in [3.05, 3.63) is 48.3 Å². The molecule has 0 amide bonds. The number of sulfonamides is 1. The Morgan fingerprint density at radius 1 is 1.12 bits per heavy atom. The summed E-state index contributed by atoms with van der Waals surface area (Å²) in [6.07, 6.45) is 3.30. The molecule has 1 saturated heterocycles. The summed E-state index contributed by atoms with van der Waals surface area (Å²) in [5.41, 5.74) is 2.52. The first-order valence-electron chi connectivity index (χ1n) is 8.49. The second-order valence-corrected chi connectivity index (χ2v) is 8.18. The van der Waals surface area contributed by atoms with E-state index >= 15 is 0 Å². The van der Waals surface area contributed by atoms with E-state index in [9.17, 15) is 8.42 Å². The van der Waals surface area contributed by atoms with E-state index in [-0.39, 0.29) is 4.90 Å². The number of pyridine rings is 1. The molecule has 1 aliphatic heterocycles. The molecule has 0 saturated carbocycles. The van der Waals surface area contributed by atoms with Gasteiger partial charge in [-0.3, -0.25) is 9.71 Å². The fourth-order valence-electron chi connectivity index (χ4n) is 2.83. The number of benzene rings is 1. The van der Waals surface area contributed by atoms with Gasteiger partial charge in [0, 0.05) is 26.2 Å². The van der Waals surface area contributed by atoms with Gasteiger partial charge in [-0.1, -0.05) is 26.0 Å². The van der Waals surface area contributed by atoms with Gasteiger partial charge in [0.1, 0.15) is 0 Å². The van der Waals surface area contributed by atoms with E-state index in [0.29, 0.717) is 11.6 Å². The van der Waals surface area contributed by atoms with Crippen LogP contribution < -0.4 is 14.9 Å². The summed E-state index contributed by atoms with van der Waals surface area (Å²) < 4.78 is 27.8. The Morgan fingerprint density at radius 2 is 1.80 bits per heavy atom. The molecule has 1 aromatic carbocycles. The van der Waals surface area contributed by atoms with Crippen molar-refractivity contribution in [1.82, 2.24) is 10.3 Å². The highest BCUT2D eigenvalue weighted by Gasteiger charge is 2.16. The number of hydrogen-bond acceptors (Lipinski definition) is 5. The van der Waals surface area contributed by atoms with Gasteiger partial charge in [0.05, 0.1) is 28.7 Å². The summed E-state index contributed by atoms with van der Waals surface area (Å²) in [4.78, 5) is 6.63. The Labute approximate surface area is 149 Å². The van der Waals surface area contributed by atoms with Crippen LogP contribution in [0.15, 0.2) is 47.6 Å². The zero-order chi connectivity index (χ0) is 17.9. The third kappa shape index (κ3) is 4.29. The van der Waals surface area contributed by atoms with Crippen LogP contribution in [0.2, 0.25) is 0 Å². The van der Waals surface area contributed by atoms with E-state index in [0.717, 1.165) is 37.4 Å². The first-order valence-corrected chi connectivity index (χ1v) is 9.97. The number of aromatic nitrogens is 1. The zero-order valence-electron chi connectivity index (χ0n) is 14.6. The van der Waals surface area contributed by atoms with Crippen LogP contribution in [0, 0.1) is 0 Å². The SMILES string of the molecule is CC(C)c1ccc(S(=O)(=O)Nc2cncc(N3CCNCC3)c2)cc1. The van der Waals surface area contributed by atoms with Gasteiger partial charge in [-0.15, -0.1) is 0 Å². The van der Waals surface area contributed by atoms with E-state index in [4.69, 9.17) is 0 Å². The van der Waals surface area contributed by atoms with Crippen LogP contribution >= 0.6 is 0 Å². The van der Waals surface area contributed by atoms with Crippen molar-refractivity contribution in [3.8, 4) is 0 Å². The Bertz CT molecular complexity index is 813. The summed E-state index contributed by atoms with van der Waals surface area (Å²) in [7, 11) is -3.62. The lowest BCUT2D eigenvalue weighted by molar-refractivity contribution is 0.588. The average molecular weight is 360 g/mol. The number of piperazine rings is 1. The second kappa shape index (κ2) is 7.41. The van der Waals surface area contributed by atoms with Gasteiger partial charge in [-0.2, -0.15) is 0 Å². The van der Waals surface area contributed by atoms with Gasteiger partial charge < -0.3 is 10.2 Å². The first-order chi connectivity index (χ1) is 12.0. The van der Waals surface area contributed by atoms with Crippen LogP contribution in [0.25, 0.3) is 0 Å². The van der Waals surface area contributed by atoms with Crippen molar-refractivity contribution in [2.24, 2.45) is 0 Å². The summed E-state index contributed by atoms with van der Waals surface area (Å²) in [5, 5.41) is 3.30. The molecule has 1 aliphatic rings. The van der Waals surface area contributed by atoms with Crippen LogP contribution in [0.3, 0.4) is 0 Å². The normalized spacial score (nSPS) is 15.4. The lowest BCUT2D eigenvalue weighted by atomic mass is 10.0. The third-order valence-corrected chi connectivity index (χ3v) is 5.71. The molecule has 2 N–H and O–H groups in total. The smallest absolute Gasteiger partial charge is 0.261 e. The van der Waals surface area contributed by atoms with E-state index in [1.165, 1.54) is 6.20 Å². The minimum atomic E-state index is -3.62. The number of nitrogens with zero attached hydrogens (tertiary/aromatic N) is 2. The minimum Gasteiger partial charge on any atom is -0.368 e. The van der Waals surface area contributed by atoms with Gasteiger partial charge in [-0.25, -0.2) is 8.42 Å². The lowest BCUT2D eigenvalue weighted by Crippen LogP contribution is -2.43. The fourth-order valence-corrected chi connectivity index (χ4v) is 3.86. The average Bonchev–Trinajstić information content (AvgIpc) is 2.62. The fraction of sp³-hybridized carbons (Fsp3) is 0.389. The minimum absolute atomic E-state index is 0.254. The van der Waals surface area contributed by atoms with Gasteiger partial charge in [0.2, 0.25) is 0 Å². The maximum absolute atomic E-state index is 12.6. The number of hydrogen-bond donors (Lipinski definition) is 2. The van der Waals surface area contributed by atoms with Gasteiger partial charge in [0.15, 0.2) is 0 Å². The molecule has 0 atom stereocenters. The molecular weight excluding hydrogens is 336 g/mol. The Kier molecular flexibility index (Phi) is 5.24. The molecule has 0 radical (unpaired) electrons. The van der Waals surface area contributed by atoms with Crippen LogP contribution in [0.5, 0.6) is 0 Å². The quantitative estimate of drug-likeness (QED) is 0.857. The molecule has 2 aromatic rings. The molecule has 1 aromatic heterocycles. The monoisotopic (exact) mass is 360 g/mol. The van der Waals surface area contributed by atoms with Crippen molar-refractivity contribution >= 4 is 21.4 Å². The molecule has 0 spiro atoms. The molecule has 25 heavy (non-hydrogen) atoms. The van der Waals surface area contributed by atoms with Gasteiger partial charge >= 0.3 is 0 Å². The largest absolute Gasteiger partial charge is 0.368 e. The topological polar surface area (TPSA) is 74.3 Å². The van der Waals surface area contributed by atoms with Gasteiger partial charge in [0.25, 0.3) is 10.0 Å². The van der Waals surface area contributed by atoms with Gasteiger partial charge in [-0.05, 0) is 29.7 Å². The molecule has 2 heterocycles. The Morgan fingerprint density at radius 3 is 2.44 bits per heavy atom. The molecule has 0 unspecified atom stereocenters. The number of nitrogens with one attached hydrogen (secondary N) is 2. The van der Waals surface area contributed by atoms with Crippen molar-refractivity contribution in [2.45, 2.75) is 24.7 Å². The highest BCUT2D eigenvalue weighted by molar-refractivity contribution is 7.92. The zero-order valence-corrected chi connectivity index (χ0v) is 15.4. The number of anilines is 2. The molecular formula is C18H24N4O2S. The predicted molar refractivity (Wildman–Crippen MR) is 101 cm³/mol. The van der Waals surface area contributed by atoms with Crippen LogP contribution in [-0.4, -0.2) is 39.6 Å². The van der Waals surface area contributed by atoms with E-state index in [2.05, 4.69) is 33.8 Å². The standard InChI is InChI=1S/C18H24N4O2S/c1-14(2)15-3-5-18(6-4-15)25(23,24)21-16-11-17(13-20-12-16)22-9-7-19-8-10-22/h3-6,11-14,19,21H,7-10H2,1-2H3. The lowest BCUT2D eigenvalue weighted by Gasteiger charge is -2.29. The maximum atomic E-state index is 12.6. The predicted octanol–water partition coefficient (Wildman–Crippen LogP) is 2.42. The molecule has 134 valence electrons. The first kappa shape index (κ1) is 17.7. The molecule has 0 bridgehead atoms. The summed E-state index contributed by atoms with van der Waals surface area (Å²) in [6, 6.07) is 8.83. The van der Waals surface area contributed by atoms with Crippen LogP contribution in [-0.2, 0) is 10.0 Å². The van der Waals surface area contributed by atoms with E-state index < -0.39 is 10.0 Å². The Hall–Kier alpha value is -2.12. The van der Waals surface area contributed by atoms with Crippen molar-refractivity contribution in [1.29, 1.82) is 0 Å². The van der Waals surface area contributed by atoms with Crippen LogP contribution in [0.4, 0.5) is 11.4 Å². The Balaban J connectivity index is 1.78. The molecule has 7 heteroatoms. The maximum Gasteiger partial charge on any atom is 0.261 e. The highest BCUT2D eigenvalue weighted by Crippen LogP contribution is 2.22. The van der Waals surface area contributed by atoms with Crippen LogP contribution in [0.1, 0.15) is 25.3 Å². The molecule has 3 rings (SSSR count).